The zero-order valence-electron chi connectivity index (χ0n) is 16.7. The van der Waals surface area contributed by atoms with Gasteiger partial charge in [0.15, 0.2) is 0 Å². The number of non-ortho nitro benzene ring substituents is 1. The van der Waals surface area contributed by atoms with E-state index in [0.29, 0.717) is 10.5 Å². The molecule has 8 nitrogen and oxygen atoms in total. The molecule has 32 heavy (non-hydrogen) atoms. The van der Waals surface area contributed by atoms with Crippen molar-refractivity contribution < 1.29 is 14.6 Å². The molecule has 0 N–H and O–H groups in total. The lowest BCUT2D eigenvalue weighted by Gasteiger charge is -2.05. The Morgan fingerprint density at radius 3 is 2.34 bits per heavy atom. The van der Waals surface area contributed by atoms with Crippen molar-refractivity contribution in [2.24, 2.45) is 0 Å². The summed E-state index contributed by atoms with van der Waals surface area (Å²) >= 11 is 1.23. The van der Waals surface area contributed by atoms with Crippen LogP contribution in [0.25, 0.3) is 6.08 Å². The molecule has 0 amide bonds. The molecule has 0 saturated heterocycles. The molecule has 3 rings (SSSR count). The summed E-state index contributed by atoms with van der Waals surface area (Å²) in [6.45, 7) is 1.94. The fourth-order valence-corrected chi connectivity index (χ4v) is 3.72. The van der Waals surface area contributed by atoms with Crippen LogP contribution in [0.15, 0.2) is 82.1 Å². The molecule has 0 aliphatic carbocycles. The highest BCUT2D eigenvalue weighted by Gasteiger charge is 2.18. The summed E-state index contributed by atoms with van der Waals surface area (Å²) in [5.74, 6) is -0.711. The summed E-state index contributed by atoms with van der Waals surface area (Å²) in [6, 6.07) is 18.8. The Morgan fingerprint density at radius 1 is 1.00 bits per heavy atom. The number of allylic oxidation sites excluding steroid dienone is 1. The van der Waals surface area contributed by atoms with E-state index in [4.69, 9.17) is 0 Å². The maximum Gasteiger partial charge on any atom is 0.283 e. The predicted octanol–water partition coefficient (Wildman–Crippen LogP) is 5.75. The van der Waals surface area contributed by atoms with Gasteiger partial charge in [-0.2, -0.15) is 5.26 Å². The van der Waals surface area contributed by atoms with Crippen LogP contribution in [0, 0.1) is 38.5 Å². The molecule has 3 aromatic rings. The van der Waals surface area contributed by atoms with E-state index < -0.39 is 15.6 Å². The molecule has 0 atom stereocenters. The van der Waals surface area contributed by atoms with Gasteiger partial charge in [-0.05, 0) is 36.8 Å². The maximum atomic E-state index is 12.7. The highest BCUT2D eigenvalue weighted by molar-refractivity contribution is 7.99. The van der Waals surface area contributed by atoms with E-state index in [1.54, 1.807) is 18.2 Å². The number of ketones is 1. The van der Waals surface area contributed by atoms with E-state index in [2.05, 4.69) is 0 Å². The first-order chi connectivity index (χ1) is 15.3. The first kappa shape index (κ1) is 22.4. The molecule has 0 unspecified atom stereocenters. The molecular weight excluding hydrogens is 430 g/mol. The van der Waals surface area contributed by atoms with E-state index >= 15 is 0 Å². The molecule has 0 bridgehead atoms. The standard InChI is InChI=1S/C23H15N3O5S/c1-15-5-8-20(9-6-15)32-22-10-7-16(12-21(22)26(30)31)11-18(14-24)23(27)17-3-2-4-19(13-17)25(28)29/h2-13H,1H3/b18-11-. The van der Waals surface area contributed by atoms with Gasteiger partial charge in [-0.1, -0.05) is 47.7 Å². The topological polar surface area (TPSA) is 127 Å². The number of carbonyl (C=O) groups is 1. The van der Waals surface area contributed by atoms with Crippen LogP contribution in [0.1, 0.15) is 21.5 Å². The van der Waals surface area contributed by atoms with Crippen LogP contribution in [0.3, 0.4) is 0 Å². The minimum atomic E-state index is -0.711. The number of hydrogen-bond acceptors (Lipinski definition) is 7. The van der Waals surface area contributed by atoms with Crippen molar-refractivity contribution in [2.45, 2.75) is 16.7 Å². The minimum absolute atomic E-state index is 0.0203. The minimum Gasteiger partial charge on any atom is -0.288 e. The lowest BCUT2D eigenvalue weighted by Crippen LogP contribution is -2.03. The van der Waals surface area contributed by atoms with Crippen molar-refractivity contribution in [2.75, 3.05) is 0 Å². The van der Waals surface area contributed by atoms with Crippen molar-refractivity contribution >= 4 is 35.0 Å². The summed E-state index contributed by atoms with van der Waals surface area (Å²) < 4.78 is 0. The maximum absolute atomic E-state index is 12.7. The number of aryl methyl sites for hydroxylation is 1. The fourth-order valence-electron chi connectivity index (χ4n) is 2.82. The number of nitriles is 1. The first-order valence-electron chi connectivity index (χ1n) is 9.22. The Labute approximate surface area is 187 Å². The summed E-state index contributed by atoms with van der Waals surface area (Å²) in [5, 5.41) is 32.0. The van der Waals surface area contributed by atoms with Crippen LogP contribution in [0.5, 0.6) is 0 Å². The van der Waals surface area contributed by atoms with E-state index in [-0.39, 0.29) is 22.5 Å². The number of nitrogens with zero attached hydrogens (tertiary/aromatic N) is 3. The van der Waals surface area contributed by atoms with Crippen LogP contribution in [0.2, 0.25) is 0 Å². The van der Waals surface area contributed by atoms with Gasteiger partial charge in [0.05, 0.1) is 14.7 Å². The number of benzene rings is 3. The van der Waals surface area contributed by atoms with Gasteiger partial charge in [-0.3, -0.25) is 25.0 Å². The molecule has 158 valence electrons. The number of nitro groups is 2. The van der Waals surface area contributed by atoms with Crippen LogP contribution in [-0.2, 0) is 0 Å². The van der Waals surface area contributed by atoms with E-state index in [9.17, 15) is 30.3 Å². The monoisotopic (exact) mass is 445 g/mol. The van der Waals surface area contributed by atoms with Crippen molar-refractivity contribution in [3.63, 3.8) is 0 Å². The summed E-state index contributed by atoms with van der Waals surface area (Å²) in [6.07, 6.45) is 1.23. The van der Waals surface area contributed by atoms with Gasteiger partial charge in [0.2, 0.25) is 5.78 Å². The number of nitro benzene ring substituents is 2. The third-order valence-corrected chi connectivity index (χ3v) is 5.50. The molecule has 0 spiro atoms. The van der Waals surface area contributed by atoms with Gasteiger partial charge in [0, 0.05) is 28.7 Å². The zero-order valence-corrected chi connectivity index (χ0v) is 17.5. The van der Waals surface area contributed by atoms with Gasteiger partial charge in [0.25, 0.3) is 11.4 Å². The number of Topliss-reactive ketones (excluding diaryl/α,β-unsaturated/α-hetero) is 1. The Hall–Kier alpha value is -4.29. The van der Waals surface area contributed by atoms with Gasteiger partial charge in [0.1, 0.15) is 11.6 Å². The molecule has 0 saturated carbocycles. The normalized spacial score (nSPS) is 10.9. The van der Waals surface area contributed by atoms with Crippen molar-refractivity contribution in [3.8, 4) is 6.07 Å². The summed E-state index contributed by atoms with van der Waals surface area (Å²) in [4.78, 5) is 35.3. The molecule has 0 aliphatic rings. The lowest BCUT2D eigenvalue weighted by molar-refractivity contribution is -0.387. The Morgan fingerprint density at radius 2 is 1.72 bits per heavy atom. The molecule has 3 aromatic carbocycles. The highest BCUT2D eigenvalue weighted by atomic mass is 32.2. The second-order valence-corrected chi connectivity index (χ2v) is 7.82. The first-order valence-corrected chi connectivity index (χ1v) is 10.0. The van der Waals surface area contributed by atoms with Crippen molar-refractivity contribution in [1.82, 2.24) is 0 Å². The number of rotatable bonds is 7. The van der Waals surface area contributed by atoms with Crippen LogP contribution >= 0.6 is 11.8 Å². The SMILES string of the molecule is Cc1ccc(Sc2ccc(/C=C(/C#N)C(=O)c3cccc([N+](=O)[O-])c3)cc2[N+](=O)[O-])cc1. The quantitative estimate of drug-likeness (QED) is 0.149. The van der Waals surface area contributed by atoms with E-state index in [1.807, 2.05) is 31.2 Å². The Balaban J connectivity index is 1.94. The van der Waals surface area contributed by atoms with E-state index in [1.165, 1.54) is 42.1 Å². The van der Waals surface area contributed by atoms with Crippen molar-refractivity contribution in [3.05, 3.63) is 109 Å². The molecular formula is C23H15N3O5S. The van der Waals surface area contributed by atoms with Gasteiger partial charge in [-0.25, -0.2) is 0 Å². The molecule has 0 heterocycles. The zero-order chi connectivity index (χ0) is 23.3. The summed E-state index contributed by atoms with van der Waals surface area (Å²) in [5.41, 5.74) is 0.611. The number of carbonyl (C=O) groups excluding carboxylic acids is 1. The second-order valence-electron chi connectivity index (χ2n) is 6.71. The summed E-state index contributed by atoms with van der Waals surface area (Å²) in [7, 11) is 0. The average molecular weight is 445 g/mol. The lowest BCUT2D eigenvalue weighted by atomic mass is 10.0. The third-order valence-electron chi connectivity index (χ3n) is 4.42. The third kappa shape index (κ3) is 5.24. The average Bonchev–Trinajstić information content (AvgIpc) is 2.79. The van der Waals surface area contributed by atoms with E-state index in [0.717, 1.165) is 16.5 Å². The predicted molar refractivity (Wildman–Crippen MR) is 119 cm³/mol. The van der Waals surface area contributed by atoms with Crippen LogP contribution in [0.4, 0.5) is 11.4 Å². The molecule has 0 aliphatic heterocycles. The number of hydrogen-bond donors (Lipinski definition) is 0. The van der Waals surface area contributed by atoms with Gasteiger partial charge in [-0.15, -0.1) is 0 Å². The Bertz CT molecular complexity index is 1290. The molecule has 9 heteroatoms. The Kier molecular flexibility index (Phi) is 6.77. The van der Waals surface area contributed by atoms with Gasteiger partial charge < -0.3 is 0 Å². The van der Waals surface area contributed by atoms with Crippen LogP contribution < -0.4 is 0 Å². The van der Waals surface area contributed by atoms with Gasteiger partial charge >= 0.3 is 0 Å². The highest BCUT2D eigenvalue weighted by Crippen LogP contribution is 2.36. The van der Waals surface area contributed by atoms with Crippen LogP contribution in [-0.4, -0.2) is 15.6 Å². The smallest absolute Gasteiger partial charge is 0.283 e. The van der Waals surface area contributed by atoms with Crippen molar-refractivity contribution in [1.29, 1.82) is 5.26 Å². The fraction of sp³-hybridized carbons (Fsp3) is 0.0435. The molecule has 0 fully saturated rings. The molecule has 0 aromatic heterocycles. The molecule has 0 radical (unpaired) electrons. The second kappa shape index (κ2) is 9.68. The largest absolute Gasteiger partial charge is 0.288 e.